The lowest BCUT2D eigenvalue weighted by Gasteiger charge is -2.40. The van der Waals surface area contributed by atoms with Gasteiger partial charge in [-0.2, -0.15) is 0 Å². The Morgan fingerprint density at radius 3 is 2.00 bits per heavy atom. The molecule has 28 heavy (non-hydrogen) atoms. The Bertz CT molecular complexity index is 612. The molecule has 0 aromatic heterocycles. The largest absolute Gasteiger partial charge is 0.463 e. The molecule has 0 aromatic carbocycles. The minimum atomic E-state index is -1.48. The van der Waals surface area contributed by atoms with Crippen LogP contribution >= 0.6 is 0 Å². The molecule has 160 valence electrons. The van der Waals surface area contributed by atoms with Crippen molar-refractivity contribution in [1.82, 2.24) is 0 Å². The number of carbonyl (C=O) groups excluding carboxylic acids is 3. The molecule has 0 N–H and O–H groups in total. The van der Waals surface area contributed by atoms with E-state index in [4.69, 9.17) is 33.2 Å². The van der Waals surface area contributed by atoms with Crippen LogP contribution in [0.25, 0.3) is 0 Å². The summed E-state index contributed by atoms with van der Waals surface area (Å²) in [5.41, 5.74) is -0.606. The van der Waals surface area contributed by atoms with Gasteiger partial charge >= 0.3 is 17.9 Å². The van der Waals surface area contributed by atoms with E-state index in [1.54, 1.807) is 6.92 Å². The highest BCUT2D eigenvalue weighted by molar-refractivity contribution is 5.67. The molecule has 2 aliphatic rings. The van der Waals surface area contributed by atoms with E-state index in [9.17, 15) is 14.4 Å². The van der Waals surface area contributed by atoms with E-state index >= 15 is 0 Å². The molecule has 0 aromatic rings. The van der Waals surface area contributed by atoms with Crippen LogP contribution in [0.4, 0.5) is 0 Å². The SMILES string of the molecule is CC(=O)OC[C@H]1O[C@@H]2OC(C)(OC(C)(C)C)O[C@@H]2[C@@H](OC(C)=O)[C@@H]1OC(C)=O. The number of fused-ring (bicyclic) bond motifs is 1. The van der Waals surface area contributed by atoms with Crippen molar-refractivity contribution in [3.63, 3.8) is 0 Å². The van der Waals surface area contributed by atoms with Crippen molar-refractivity contribution in [1.29, 1.82) is 0 Å². The van der Waals surface area contributed by atoms with Crippen LogP contribution in [0, 0.1) is 0 Å². The van der Waals surface area contributed by atoms with Crippen LogP contribution in [-0.2, 0) is 47.5 Å². The molecule has 0 bridgehead atoms. The maximum atomic E-state index is 11.7. The van der Waals surface area contributed by atoms with E-state index < -0.39 is 60.2 Å². The standard InChI is InChI=1S/C18H28O10/c1-9(19)22-8-12-13(23-10(2)20)14(24-11(3)21)15-16(25-12)27-18(7,26-15)28-17(4,5)6/h12-16H,8H2,1-7H3/t12-,13-,14+,15-,16-,18?/m1/s1. The molecule has 2 aliphatic heterocycles. The van der Waals surface area contributed by atoms with Crippen molar-refractivity contribution in [3.05, 3.63) is 0 Å². The first-order chi connectivity index (χ1) is 12.8. The van der Waals surface area contributed by atoms with Gasteiger partial charge in [-0.05, 0) is 20.8 Å². The van der Waals surface area contributed by atoms with Crippen molar-refractivity contribution >= 4 is 17.9 Å². The van der Waals surface area contributed by atoms with Crippen molar-refractivity contribution in [3.8, 4) is 0 Å². The fourth-order valence-corrected chi connectivity index (χ4v) is 3.18. The number of hydrogen-bond acceptors (Lipinski definition) is 10. The summed E-state index contributed by atoms with van der Waals surface area (Å²) in [6.45, 7) is 10.5. The summed E-state index contributed by atoms with van der Waals surface area (Å²) in [5.74, 6) is -3.25. The van der Waals surface area contributed by atoms with E-state index in [1.807, 2.05) is 20.8 Å². The first-order valence-corrected chi connectivity index (χ1v) is 8.99. The summed E-state index contributed by atoms with van der Waals surface area (Å²) in [7, 11) is 0. The predicted molar refractivity (Wildman–Crippen MR) is 91.6 cm³/mol. The van der Waals surface area contributed by atoms with Crippen LogP contribution in [-0.4, -0.2) is 66.8 Å². The minimum Gasteiger partial charge on any atom is -0.463 e. The lowest BCUT2D eigenvalue weighted by atomic mass is 9.98. The monoisotopic (exact) mass is 404 g/mol. The molecule has 0 saturated carbocycles. The third-order valence-electron chi connectivity index (χ3n) is 3.82. The second-order valence-corrected chi connectivity index (χ2v) is 7.77. The molecule has 0 radical (unpaired) electrons. The number of rotatable bonds is 5. The van der Waals surface area contributed by atoms with Gasteiger partial charge in [-0.15, -0.1) is 0 Å². The molecule has 6 atom stereocenters. The average Bonchev–Trinajstić information content (AvgIpc) is 2.80. The zero-order valence-electron chi connectivity index (χ0n) is 17.2. The number of carbonyl (C=O) groups is 3. The van der Waals surface area contributed by atoms with Crippen molar-refractivity contribution < 1.29 is 47.5 Å². The number of hydrogen-bond donors (Lipinski definition) is 0. The van der Waals surface area contributed by atoms with Gasteiger partial charge in [0.2, 0.25) is 0 Å². The van der Waals surface area contributed by atoms with Crippen LogP contribution in [0.3, 0.4) is 0 Å². The highest BCUT2D eigenvalue weighted by Crippen LogP contribution is 2.41. The highest BCUT2D eigenvalue weighted by Gasteiger charge is 2.60. The Labute approximate surface area is 163 Å². The molecule has 10 nitrogen and oxygen atoms in total. The topological polar surface area (TPSA) is 116 Å². The van der Waals surface area contributed by atoms with E-state index in [0.717, 1.165) is 0 Å². The highest BCUT2D eigenvalue weighted by atomic mass is 16.9. The molecule has 1 unspecified atom stereocenters. The first-order valence-electron chi connectivity index (χ1n) is 8.99. The number of esters is 3. The third-order valence-corrected chi connectivity index (χ3v) is 3.82. The lowest BCUT2D eigenvalue weighted by Crippen LogP contribution is -2.60. The molecule has 2 heterocycles. The van der Waals surface area contributed by atoms with Crippen LogP contribution < -0.4 is 0 Å². The van der Waals surface area contributed by atoms with Gasteiger partial charge in [-0.1, -0.05) is 0 Å². The van der Waals surface area contributed by atoms with Crippen LogP contribution in [0.5, 0.6) is 0 Å². The Balaban J connectivity index is 2.31. The molecular weight excluding hydrogens is 376 g/mol. The maximum absolute atomic E-state index is 11.7. The van der Waals surface area contributed by atoms with Gasteiger partial charge < -0.3 is 28.4 Å². The Morgan fingerprint density at radius 1 is 0.929 bits per heavy atom. The van der Waals surface area contributed by atoms with Crippen LogP contribution in [0.2, 0.25) is 0 Å². The molecule has 0 spiro atoms. The van der Waals surface area contributed by atoms with Gasteiger partial charge in [0, 0.05) is 27.7 Å². The van der Waals surface area contributed by atoms with Gasteiger partial charge in [0.15, 0.2) is 24.6 Å². The summed E-state index contributed by atoms with van der Waals surface area (Å²) in [6, 6.07) is 0. The van der Waals surface area contributed by atoms with E-state index in [2.05, 4.69) is 0 Å². The summed E-state index contributed by atoms with van der Waals surface area (Å²) in [6.07, 6.45) is -4.97. The smallest absolute Gasteiger partial charge is 0.303 e. The molecule has 10 heteroatoms. The molecular formula is C18H28O10. The molecule has 2 rings (SSSR count). The lowest BCUT2D eigenvalue weighted by molar-refractivity contribution is -0.371. The van der Waals surface area contributed by atoms with Gasteiger partial charge in [0.25, 0.3) is 5.97 Å². The maximum Gasteiger partial charge on any atom is 0.303 e. The van der Waals surface area contributed by atoms with Crippen molar-refractivity contribution in [2.24, 2.45) is 0 Å². The molecule has 0 aliphatic carbocycles. The Hall–Kier alpha value is -1.75. The Morgan fingerprint density at radius 2 is 1.50 bits per heavy atom. The number of ether oxygens (including phenoxy) is 7. The van der Waals surface area contributed by atoms with Crippen LogP contribution in [0.1, 0.15) is 48.5 Å². The average molecular weight is 404 g/mol. The first kappa shape index (κ1) is 22.5. The second-order valence-electron chi connectivity index (χ2n) is 7.77. The summed E-state index contributed by atoms with van der Waals surface area (Å²) >= 11 is 0. The minimum absolute atomic E-state index is 0.228. The zero-order valence-corrected chi connectivity index (χ0v) is 17.2. The second kappa shape index (κ2) is 8.32. The van der Waals surface area contributed by atoms with E-state index in [1.165, 1.54) is 20.8 Å². The fraction of sp³-hybridized carbons (Fsp3) is 0.833. The van der Waals surface area contributed by atoms with Crippen molar-refractivity contribution in [2.45, 2.75) is 90.7 Å². The molecule has 0 amide bonds. The summed E-state index contributed by atoms with van der Waals surface area (Å²) in [4.78, 5) is 34.5. The van der Waals surface area contributed by atoms with E-state index in [0.29, 0.717) is 0 Å². The van der Waals surface area contributed by atoms with Gasteiger partial charge in [-0.25, -0.2) is 0 Å². The third kappa shape index (κ3) is 5.87. The fourth-order valence-electron chi connectivity index (χ4n) is 3.18. The quantitative estimate of drug-likeness (QED) is 0.486. The zero-order chi connectivity index (χ0) is 21.3. The molecule has 2 saturated heterocycles. The Kier molecular flexibility index (Phi) is 6.70. The van der Waals surface area contributed by atoms with Gasteiger partial charge in [0.1, 0.15) is 12.7 Å². The van der Waals surface area contributed by atoms with Crippen molar-refractivity contribution in [2.75, 3.05) is 6.61 Å². The van der Waals surface area contributed by atoms with Gasteiger partial charge in [0.05, 0.1) is 5.60 Å². The summed E-state index contributed by atoms with van der Waals surface area (Å²) in [5, 5.41) is 0. The van der Waals surface area contributed by atoms with Crippen LogP contribution in [0.15, 0.2) is 0 Å². The summed E-state index contributed by atoms with van der Waals surface area (Å²) < 4.78 is 39.0. The predicted octanol–water partition coefficient (Wildman–Crippen LogP) is 1.04. The van der Waals surface area contributed by atoms with E-state index in [-0.39, 0.29) is 6.61 Å². The molecule has 2 fully saturated rings. The van der Waals surface area contributed by atoms with Gasteiger partial charge in [-0.3, -0.25) is 19.1 Å². The normalized spacial score (nSPS) is 35.0.